The van der Waals surface area contributed by atoms with E-state index in [2.05, 4.69) is 9.97 Å². The molecule has 0 fully saturated rings. The zero-order valence-electron chi connectivity index (χ0n) is 18.8. The Hall–Kier alpha value is -4.23. The first-order valence-corrected chi connectivity index (χ1v) is 10.6. The minimum atomic E-state index is -1.52. The molecule has 0 amide bonds. The normalized spacial score (nSPS) is 12.1. The van der Waals surface area contributed by atoms with Crippen molar-refractivity contribution >= 4 is 5.97 Å². The molecule has 4 aromatic rings. The van der Waals surface area contributed by atoms with Crippen LogP contribution >= 0.6 is 0 Å². The maximum Gasteiger partial charge on any atom is 0.348 e. The van der Waals surface area contributed by atoms with E-state index >= 15 is 0 Å². The average Bonchev–Trinajstić information content (AvgIpc) is 2.90. The molecule has 1 N–H and O–H groups in total. The molecule has 0 aliphatic carbocycles. The highest BCUT2D eigenvalue weighted by Gasteiger charge is 2.49. The summed E-state index contributed by atoms with van der Waals surface area (Å²) < 4.78 is 17.3. The lowest BCUT2D eigenvalue weighted by molar-refractivity contribution is -0.160. The molecule has 172 valence electrons. The molecule has 1 unspecified atom stereocenters. The number of nitrogens with zero attached hydrogens (tertiary/aromatic N) is 2. The maximum atomic E-state index is 12.7. The third-order valence-corrected chi connectivity index (χ3v) is 5.50. The van der Waals surface area contributed by atoms with Crippen molar-refractivity contribution in [3.8, 4) is 23.1 Å². The first kappa shape index (κ1) is 22.9. The van der Waals surface area contributed by atoms with E-state index in [-0.39, 0.29) is 11.9 Å². The highest BCUT2D eigenvalue weighted by molar-refractivity contribution is 5.76. The minimum Gasteiger partial charge on any atom is -0.481 e. The smallest absolute Gasteiger partial charge is 0.348 e. The van der Waals surface area contributed by atoms with Gasteiger partial charge in [-0.3, -0.25) is 0 Å². The van der Waals surface area contributed by atoms with Crippen LogP contribution in [0, 0.1) is 0 Å². The quantitative estimate of drug-likeness (QED) is 0.394. The SMILES string of the molecule is COc1cc(-c2ccccc2)nc(OC(C(=O)O)C(OC)(c2ccccc2)c2ccccc2)n1. The number of methoxy groups -OCH3 is 2. The van der Waals surface area contributed by atoms with Crippen LogP contribution in [0.25, 0.3) is 11.3 Å². The van der Waals surface area contributed by atoms with Crippen LogP contribution in [-0.2, 0) is 15.1 Å². The van der Waals surface area contributed by atoms with Gasteiger partial charge in [-0.25, -0.2) is 4.79 Å². The molecule has 0 saturated carbocycles. The molecule has 7 heteroatoms. The molecular formula is C27H24N2O5. The number of hydrogen-bond donors (Lipinski definition) is 1. The van der Waals surface area contributed by atoms with Crippen LogP contribution in [0.2, 0.25) is 0 Å². The van der Waals surface area contributed by atoms with Gasteiger partial charge in [-0.1, -0.05) is 91.0 Å². The number of benzene rings is 3. The molecule has 0 aliphatic heterocycles. The Morgan fingerprint density at radius 1 is 0.824 bits per heavy atom. The van der Waals surface area contributed by atoms with Crippen LogP contribution in [0.4, 0.5) is 0 Å². The fourth-order valence-corrected chi connectivity index (χ4v) is 3.91. The van der Waals surface area contributed by atoms with Gasteiger partial charge in [0.2, 0.25) is 12.0 Å². The first-order valence-electron chi connectivity index (χ1n) is 10.6. The second-order valence-electron chi connectivity index (χ2n) is 7.45. The number of rotatable bonds is 9. The van der Waals surface area contributed by atoms with E-state index in [9.17, 15) is 9.90 Å². The molecule has 0 saturated heterocycles. The molecule has 1 atom stereocenters. The van der Waals surface area contributed by atoms with Crippen molar-refractivity contribution in [2.45, 2.75) is 11.7 Å². The molecule has 7 nitrogen and oxygen atoms in total. The number of carboxylic acids is 1. The zero-order chi connectivity index (χ0) is 24.0. The molecule has 1 aromatic heterocycles. The van der Waals surface area contributed by atoms with E-state index < -0.39 is 17.7 Å². The molecule has 0 spiro atoms. The third-order valence-electron chi connectivity index (χ3n) is 5.50. The standard InChI is InChI=1S/C27H24N2O5/c1-32-23-18-22(19-12-6-3-7-13-19)28-26(29-23)34-24(25(30)31)27(33-2,20-14-8-4-9-15-20)21-16-10-5-11-17-21/h3-18,24H,1-2H3,(H,30,31). The maximum absolute atomic E-state index is 12.7. The summed E-state index contributed by atoms with van der Waals surface area (Å²) in [5.41, 5.74) is 1.09. The van der Waals surface area contributed by atoms with Crippen molar-refractivity contribution < 1.29 is 24.1 Å². The van der Waals surface area contributed by atoms with Gasteiger partial charge in [0.25, 0.3) is 0 Å². The molecule has 0 aliphatic rings. The Morgan fingerprint density at radius 3 is 1.82 bits per heavy atom. The average molecular weight is 456 g/mol. The lowest BCUT2D eigenvalue weighted by Crippen LogP contribution is -2.50. The molecule has 4 rings (SSSR count). The van der Waals surface area contributed by atoms with Gasteiger partial charge in [-0.15, -0.1) is 0 Å². The van der Waals surface area contributed by atoms with Crippen molar-refractivity contribution in [2.75, 3.05) is 14.2 Å². The summed E-state index contributed by atoms with van der Waals surface area (Å²) in [4.78, 5) is 21.4. The molecule has 0 radical (unpaired) electrons. The summed E-state index contributed by atoms with van der Waals surface area (Å²) in [6.07, 6.45) is -1.52. The topological polar surface area (TPSA) is 90.8 Å². The van der Waals surface area contributed by atoms with Crippen molar-refractivity contribution in [3.05, 3.63) is 108 Å². The predicted octanol–water partition coefficient (Wildman–Crippen LogP) is 4.57. The van der Waals surface area contributed by atoms with Crippen molar-refractivity contribution in [2.24, 2.45) is 0 Å². The van der Waals surface area contributed by atoms with Crippen LogP contribution in [0.3, 0.4) is 0 Å². The minimum absolute atomic E-state index is 0.140. The van der Waals surface area contributed by atoms with Crippen LogP contribution in [0.15, 0.2) is 97.1 Å². The van der Waals surface area contributed by atoms with Gasteiger partial charge in [0.15, 0.2) is 5.60 Å². The number of aliphatic carboxylic acids is 1. The molecule has 34 heavy (non-hydrogen) atoms. The number of ether oxygens (including phenoxy) is 3. The van der Waals surface area contributed by atoms with Crippen LogP contribution in [-0.4, -0.2) is 41.4 Å². The van der Waals surface area contributed by atoms with Crippen molar-refractivity contribution in [1.29, 1.82) is 0 Å². The van der Waals surface area contributed by atoms with Crippen molar-refractivity contribution in [1.82, 2.24) is 9.97 Å². The Balaban J connectivity index is 1.86. The largest absolute Gasteiger partial charge is 0.481 e. The molecule has 1 heterocycles. The van der Waals surface area contributed by atoms with Gasteiger partial charge in [0.1, 0.15) is 0 Å². The van der Waals surface area contributed by atoms with E-state index in [1.807, 2.05) is 66.7 Å². The lowest BCUT2D eigenvalue weighted by Gasteiger charge is -2.37. The second kappa shape index (κ2) is 10.1. The fourth-order valence-electron chi connectivity index (χ4n) is 3.91. The summed E-state index contributed by atoms with van der Waals surface area (Å²) in [5, 5.41) is 10.3. The van der Waals surface area contributed by atoms with E-state index in [4.69, 9.17) is 14.2 Å². The fraction of sp³-hybridized carbons (Fsp3) is 0.148. The van der Waals surface area contributed by atoms with Gasteiger partial charge in [0, 0.05) is 18.7 Å². The lowest BCUT2D eigenvalue weighted by atomic mass is 9.81. The zero-order valence-corrected chi connectivity index (χ0v) is 18.8. The van der Waals surface area contributed by atoms with Crippen LogP contribution < -0.4 is 9.47 Å². The van der Waals surface area contributed by atoms with Crippen LogP contribution in [0.5, 0.6) is 11.9 Å². The van der Waals surface area contributed by atoms with E-state index in [1.54, 1.807) is 30.3 Å². The highest BCUT2D eigenvalue weighted by atomic mass is 16.6. The monoisotopic (exact) mass is 456 g/mol. The van der Waals surface area contributed by atoms with E-state index in [0.717, 1.165) is 5.56 Å². The van der Waals surface area contributed by atoms with Crippen molar-refractivity contribution in [3.63, 3.8) is 0 Å². The summed E-state index contributed by atoms with van der Waals surface area (Å²) >= 11 is 0. The predicted molar refractivity (Wildman–Crippen MR) is 127 cm³/mol. The summed E-state index contributed by atoms with van der Waals surface area (Å²) in [6, 6.07) is 29.1. The summed E-state index contributed by atoms with van der Waals surface area (Å²) in [7, 11) is 2.93. The third kappa shape index (κ3) is 4.46. The second-order valence-corrected chi connectivity index (χ2v) is 7.45. The Kier molecular flexibility index (Phi) is 6.85. The summed E-state index contributed by atoms with van der Waals surface area (Å²) in [6.45, 7) is 0. The highest BCUT2D eigenvalue weighted by Crippen LogP contribution is 2.39. The van der Waals surface area contributed by atoms with Gasteiger partial charge in [-0.05, 0) is 11.1 Å². The first-order chi connectivity index (χ1) is 16.6. The van der Waals surface area contributed by atoms with E-state index in [1.165, 1.54) is 14.2 Å². The van der Waals surface area contributed by atoms with Crippen LogP contribution in [0.1, 0.15) is 11.1 Å². The van der Waals surface area contributed by atoms with Gasteiger partial charge < -0.3 is 19.3 Å². The molecule has 3 aromatic carbocycles. The Bertz CT molecular complexity index is 1190. The number of carbonyl (C=O) groups is 1. The Morgan fingerprint density at radius 2 is 1.35 bits per heavy atom. The molecule has 0 bridgehead atoms. The molecular weight excluding hydrogens is 432 g/mol. The number of aromatic nitrogens is 2. The number of carboxylic acid groups (broad SMARTS) is 1. The number of hydrogen-bond acceptors (Lipinski definition) is 6. The summed E-state index contributed by atoms with van der Waals surface area (Å²) in [5.74, 6) is -0.988. The Labute approximate surface area is 197 Å². The van der Waals surface area contributed by atoms with Gasteiger partial charge >= 0.3 is 12.0 Å². The van der Waals surface area contributed by atoms with Gasteiger partial charge in [-0.2, -0.15) is 9.97 Å². The van der Waals surface area contributed by atoms with E-state index in [0.29, 0.717) is 16.8 Å². The van der Waals surface area contributed by atoms with Gasteiger partial charge in [0.05, 0.1) is 12.8 Å².